The Labute approximate surface area is 162 Å². The molecule has 5 aliphatic heterocycles. The van der Waals surface area contributed by atoms with Crippen LogP contribution in [0.25, 0.3) is 0 Å². The molecule has 1 aliphatic carbocycles. The topological polar surface area (TPSA) is 75.9 Å². The van der Waals surface area contributed by atoms with Crippen molar-refractivity contribution in [3.05, 3.63) is 45.5 Å². The number of hydrogen-bond donors (Lipinski definition) is 0. The lowest BCUT2D eigenvalue weighted by molar-refractivity contribution is -0.384. The van der Waals surface area contributed by atoms with Crippen LogP contribution in [0.4, 0.5) is 11.4 Å². The van der Waals surface area contributed by atoms with E-state index in [0.29, 0.717) is 25.0 Å². The summed E-state index contributed by atoms with van der Waals surface area (Å²) >= 11 is 0. The van der Waals surface area contributed by atoms with Gasteiger partial charge in [0.1, 0.15) is 0 Å². The molecule has 2 bridgehead atoms. The van der Waals surface area contributed by atoms with Crippen LogP contribution < -0.4 is 4.90 Å². The van der Waals surface area contributed by atoms with Gasteiger partial charge in [0.15, 0.2) is 0 Å². The summed E-state index contributed by atoms with van der Waals surface area (Å²) in [6.07, 6.45) is 4.67. The summed E-state index contributed by atoms with van der Waals surface area (Å²) in [5.74, 6) is 0.861. The molecule has 28 heavy (non-hydrogen) atoms. The van der Waals surface area contributed by atoms with Gasteiger partial charge < -0.3 is 9.64 Å². The van der Waals surface area contributed by atoms with Crippen molar-refractivity contribution in [2.24, 2.45) is 11.8 Å². The summed E-state index contributed by atoms with van der Waals surface area (Å²) in [7, 11) is 0. The fourth-order valence-corrected chi connectivity index (χ4v) is 7.65. The smallest absolute Gasteiger partial charge is 0.269 e. The van der Waals surface area contributed by atoms with E-state index in [4.69, 9.17) is 4.74 Å². The number of carbonyl (C=O) groups excluding carboxylic acids is 1. The first-order valence-electron chi connectivity index (χ1n) is 10.2. The molecule has 0 radical (unpaired) electrons. The number of carbonyl (C=O) groups is 1. The van der Waals surface area contributed by atoms with E-state index in [9.17, 15) is 14.9 Å². The van der Waals surface area contributed by atoms with Gasteiger partial charge in [0.2, 0.25) is 5.91 Å². The van der Waals surface area contributed by atoms with Gasteiger partial charge in [-0.25, -0.2) is 0 Å². The maximum Gasteiger partial charge on any atom is 0.269 e. The third kappa shape index (κ3) is 1.56. The van der Waals surface area contributed by atoms with E-state index >= 15 is 0 Å². The van der Waals surface area contributed by atoms with E-state index in [1.807, 2.05) is 11.0 Å². The zero-order valence-electron chi connectivity index (χ0n) is 15.4. The Bertz CT molecular complexity index is 990. The van der Waals surface area contributed by atoms with Gasteiger partial charge in [0.05, 0.1) is 30.1 Å². The number of ether oxygens (including phenoxy) is 1. The second-order valence-electron chi connectivity index (χ2n) is 9.22. The maximum absolute atomic E-state index is 13.3. The van der Waals surface area contributed by atoms with E-state index in [1.54, 1.807) is 12.1 Å². The van der Waals surface area contributed by atoms with Crippen LogP contribution >= 0.6 is 0 Å². The van der Waals surface area contributed by atoms with Crippen molar-refractivity contribution in [1.82, 2.24) is 4.90 Å². The monoisotopic (exact) mass is 379 g/mol. The lowest BCUT2D eigenvalue weighted by Crippen LogP contribution is -2.69. The van der Waals surface area contributed by atoms with Gasteiger partial charge in [-0.1, -0.05) is 11.6 Å². The quantitative estimate of drug-likeness (QED) is 0.424. The van der Waals surface area contributed by atoms with Crippen molar-refractivity contribution in [1.29, 1.82) is 0 Å². The number of benzene rings is 1. The highest BCUT2D eigenvalue weighted by molar-refractivity contribution is 5.99. The van der Waals surface area contributed by atoms with Crippen molar-refractivity contribution in [3.63, 3.8) is 0 Å². The van der Waals surface area contributed by atoms with Gasteiger partial charge in [0.25, 0.3) is 5.69 Å². The molecule has 5 heterocycles. The largest absolute Gasteiger partial charge is 0.373 e. The lowest BCUT2D eigenvalue weighted by atomic mass is 9.53. The number of nitro groups is 1. The van der Waals surface area contributed by atoms with Crippen molar-refractivity contribution in [3.8, 4) is 0 Å². The first kappa shape index (κ1) is 15.6. The van der Waals surface area contributed by atoms with E-state index in [1.165, 1.54) is 5.57 Å². The molecule has 6 atom stereocenters. The van der Waals surface area contributed by atoms with Crippen LogP contribution in [-0.2, 0) is 14.9 Å². The number of amides is 1. The average Bonchev–Trinajstić information content (AvgIpc) is 3.15. The molecule has 0 unspecified atom stereocenters. The molecule has 3 saturated heterocycles. The highest BCUT2D eigenvalue weighted by atomic mass is 16.6. The van der Waals surface area contributed by atoms with E-state index in [2.05, 4.69) is 11.0 Å². The number of anilines is 1. The molecule has 1 amide bonds. The van der Waals surface area contributed by atoms with Crippen LogP contribution in [0.1, 0.15) is 24.8 Å². The van der Waals surface area contributed by atoms with Crippen LogP contribution in [-0.4, -0.2) is 53.6 Å². The standard InChI is InChI=1S/C21H21N3O4/c25-18-9-16-19-13-8-17-21(4-5-22(17)10-11(13)3-6-28-16)14-7-12(24(26)27)1-2-15(14)23(18)20(19)21/h1-3,7,13,16-17,19-20H,4-6,8-10H2/t13-,16-,17+,19-,20-,21-/m0/s1. The Morgan fingerprint density at radius 2 is 2.21 bits per heavy atom. The summed E-state index contributed by atoms with van der Waals surface area (Å²) in [4.78, 5) is 29.0. The van der Waals surface area contributed by atoms with Gasteiger partial charge in [-0.2, -0.15) is 0 Å². The third-order valence-electron chi connectivity index (χ3n) is 8.50. The second kappa shape index (κ2) is 4.83. The van der Waals surface area contributed by atoms with Gasteiger partial charge in [-0.05, 0) is 36.9 Å². The molecule has 6 aliphatic rings. The molecule has 7 rings (SSSR count). The fraction of sp³-hybridized carbons (Fsp3) is 0.571. The first-order chi connectivity index (χ1) is 13.6. The van der Waals surface area contributed by atoms with Crippen LogP contribution in [0.5, 0.6) is 0 Å². The predicted octanol–water partition coefficient (Wildman–Crippen LogP) is 2.00. The molecule has 1 aromatic rings. The molecule has 0 aromatic heterocycles. The molecule has 1 spiro atoms. The van der Waals surface area contributed by atoms with Crippen LogP contribution in [0.15, 0.2) is 29.8 Å². The minimum atomic E-state index is -0.312. The van der Waals surface area contributed by atoms with Gasteiger partial charge in [-0.3, -0.25) is 19.8 Å². The Morgan fingerprint density at radius 1 is 1.32 bits per heavy atom. The number of non-ortho nitro benzene ring substituents is 1. The number of hydrogen-bond acceptors (Lipinski definition) is 5. The number of rotatable bonds is 1. The molecule has 7 heteroatoms. The number of piperidine rings is 2. The highest BCUT2D eigenvalue weighted by Crippen LogP contribution is 2.65. The fourth-order valence-electron chi connectivity index (χ4n) is 7.65. The normalized spacial score (nSPS) is 42.1. The highest BCUT2D eigenvalue weighted by Gasteiger charge is 2.71. The molecule has 1 aromatic carbocycles. The van der Waals surface area contributed by atoms with Crippen molar-refractivity contribution in [2.45, 2.75) is 42.9 Å². The minimum absolute atomic E-state index is 0.0400. The van der Waals surface area contributed by atoms with E-state index in [0.717, 1.165) is 37.2 Å². The van der Waals surface area contributed by atoms with Crippen LogP contribution in [0.3, 0.4) is 0 Å². The molecule has 0 N–H and O–H groups in total. The number of nitro benzene ring substituents is 1. The molecular formula is C21H21N3O4. The second-order valence-corrected chi connectivity index (χ2v) is 9.22. The summed E-state index contributed by atoms with van der Waals surface area (Å²) in [6, 6.07) is 5.56. The number of nitrogens with zero attached hydrogens (tertiary/aromatic N) is 3. The Hall–Kier alpha value is -2.25. The molecule has 1 saturated carbocycles. The zero-order chi connectivity index (χ0) is 18.8. The summed E-state index contributed by atoms with van der Waals surface area (Å²) < 4.78 is 6.20. The van der Waals surface area contributed by atoms with Crippen LogP contribution in [0.2, 0.25) is 0 Å². The van der Waals surface area contributed by atoms with Crippen LogP contribution in [0, 0.1) is 22.0 Å². The van der Waals surface area contributed by atoms with Gasteiger partial charge in [0, 0.05) is 41.7 Å². The van der Waals surface area contributed by atoms with E-state index in [-0.39, 0.29) is 40.0 Å². The Balaban J connectivity index is 1.52. The minimum Gasteiger partial charge on any atom is -0.373 e. The predicted molar refractivity (Wildman–Crippen MR) is 100 cm³/mol. The summed E-state index contributed by atoms with van der Waals surface area (Å²) in [5, 5.41) is 11.5. The average molecular weight is 379 g/mol. The molecule has 7 nitrogen and oxygen atoms in total. The molecular weight excluding hydrogens is 358 g/mol. The summed E-state index contributed by atoms with van der Waals surface area (Å²) in [6.45, 7) is 2.57. The van der Waals surface area contributed by atoms with Crippen molar-refractivity contribution < 1.29 is 14.5 Å². The zero-order valence-corrected chi connectivity index (χ0v) is 15.4. The Kier molecular flexibility index (Phi) is 2.70. The first-order valence-corrected chi connectivity index (χ1v) is 10.2. The van der Waals surface area contributed by atoms with Gasteiger partial charge >= 0.3 is 0 Å². The Morgan fingerprint density at radius 3 is 3.07 bits per heavy atom. The maximum atomic E-state index is 13.3. The summed E-state index contributed by atoms with van der Waals surface area (Å²) in [5.41, 5.74) is 3.35. The third-order valence-corrected chi connectivity index (χ3v) is 8.50. The SMILES string of the molecule is O=C1C[C@@H]2OCC=C3CN4CC[C@@]56c7cc([N+](=O)[O-])ccc7N1[C@H]5[C@H]2[C@H]3C[C@@H]46. The lowest BCUT2D eigenvalue weighted by Gasteiger charge is -2.58. The van der Waals surface area contributed by atoms with Gasteiger partial charge in [-0.15, -0.1) is 0 Å². The molecule has 4 fully saturated rings. The van der Waals surface area contributed by atoms with E-state index < -0.39 is 0 Å². The van der Waals surface area contributed by atoms with Crippen molar-refractivity contribution in [2.75, 3.05) is 24.6 Å². The molecule has 144 valence electrons. The number of fused-ring (bicyclic) bond motifs is 2. The van der Waals surface area contributed by atoms with Crippen molar-refractivity contribution >= 4 is 17.3 Å².